The molecular weight excluding hydrogens is 428 g/mol. The van der Waals surface area contributed by atoms with E-state index in [0.717, 1.165) is 30.4 Å². The molecule has 5 heteroatoms. The van der Waals surface area contributed by atoms with Crippen LogP contribution in [0, 0.1) is 28.6 Å². The molecule has 3 saturated carbocycles. The van der Waals surface area contributed by atoms with E-state index < -0.39 is 20.4 Å². The number of hydrogen-bond donors (Lipinski definition) is 0. The minimum absolute atomic E-state index is 0.0240. The van der Waals surface area contributed by atoms with Gasteiger partial charge in [0.15, 0.2) is 5.78 Å². The summed E-state index contributed by atoms with van der Waals surface area (Å²) in [5, 5.41) is 0. The minimum Gasteiger partial charge on any atom is -0.299 e. The molecule has 0 amide bonds. The lowest BCUT2D eigenvalue weighted by molar-refractivity contribution is -0.141. The van der Waals surface area contributed by atoms with Crippen LogP contribution in [-0.2, 0) is 26.1 Å². The number of hydrogen-bond acceptors (Lipinski definition) is 3. The standard InChI is InChI=1S/C26H29ClO3S/c1-24-12-10-19(28)14-18(24)8-9-20-21-11-13-26(27,25(21,2)15-22(29)23(20)24)31(30)16-17-6-4-3-5-7-17/h3-7,10,12,14,20-21,23H,8-9,11,13,15-16H2,1-2H3/t20-,21-,23-,24-,25-,26-,31+/m0/s1. The number of alkyl halides is 1. The molecule has 0 spiro atoms. The molecule has 0 unspecified atom stereocenters. The zero-order valence-corrected chi connectivity index (χ0v) is 19.7. The third kappa shape index (κ3) is 3.01. The Morgan fingerprint density at radius 2 is 1.87 bits per heavy atom. The van der Waals surface area contributed by atoms with E-state index in [0.29, 0.717) is 18.6 Å². The molecule has 7 atom stereocenters. The second-order valence-corrected chi connectivity index (χ2v) is 12.8. The number of rotatable bonds is 3. The fourth-order valence-electron chi connectivity index (χ4n) is 7.18. The molecule has 0 aromatic heterocycles. The van der Waals surface area contributed by atoms with Gasteiger partial charge in [0.1, 0.15) is 9.99 Å². The first-order valence-corrected chi connectivity index (χ1v) is 13.0. The van der Waals surface area contributed by atoms with Crippen LogP contribution < -0.4 is 0 Å². The van der Waals surface area contributed by atoms with E-state index in [2.05, 4.69) is 13.8 Å². The van der Waals surface area contributed by atoms with Crippen molar-refractivity contribution in [1.29, 1.82) is 0 Å². The lowest BCUT2D eigenvalue weighted by Crippen LogP contribution is -2.57. The first-order valence-electron chi connectivity index (χ1n) is 11.3. The first-order chi connectivity index (χ1) is 14.7. The first kappa shape index (κ1) is 21.3. The lowest BCUT2D eigenvalue weighted by atomic mass is 9.48. The van der Waals surface area contributed by atoms with Crippen molar-refractivity contribution in [2.75, 3.05) is 0 Å². The van der Waals surface area contributed by atoms with Crippen LogP contribution in [0.2, 0.25) is 0 Å². The van der Waals surface area contributed by atoms with Gasteiger partial charge in [-0.25, -0.2) is 0 Å². The van der Waals surface area contributed by atoms with Crippen LogP contribution in [0.15, 0.2) is 54.1 Å². The second kappa shape index (κ2) is 7.25. The molecule has 1 aromatic carbocycles. The Kier molecular flexibility index (Phi) is 4.99. The molecule has 31 heavy (non-hydrogen) atoms. The number of carbonyl (C=O) groups excluding carboxylic acids is 2. The molecule has 0 saturated heterocycles. The highest BCUT2D eigenvalue weighted by atomic mass is 35.5. The molecule has 4 aliphatic rings. The summed E-state index contributed by atoms with van der Waals surface area (Å²) < 4.78 is 12.7. The van der Waals surface area contributed by atoms with Crippen molar-refractivity contribution in [3.63, 3.8) is 0 Å². The average Bonchev–Trinajstić information content (AvgIpc) is 3.00. The van der Waals surface area contributed by atoms with Crippen LogP contribution in [0.25, 0.3) is 0 Å². The van der Waals surface area contributed by atoms with Crippen molar-refractivity contribution in [2.45, 2.75) is 55.9 Å². The number of ketones is 2. The third-order valence-electron chi connectivity index (χ3n) is 8.78. The van der Waals surface area contributed by atoms with Crippen molar-refractivity contribution in [2.24, 2.45) is 28.6 Å². The summed E-state index contributed by atoms with van der Waals surface area (Å²) in [6.45, 7) is 4.23. The van der Waals surface area contributed by atoms with E-state index in [1.54, 1.807) is 12.2 Å². The molecule has 4 aliphatic carbocycles. The van der Waals surface area contributed by atoms with E-state index in [-0.39, 0.29) is 34.7 Å². The molecule has 0 aliphatic heterocycles. The predicted octanol–water partition coefficient (Wildman–Crippen LogP) is 5.36. The number of fused-ring (bicyclic) bond motifs is 5. The second-order valence-electron chi connectivity index (χ2n) is 10.3. The van der Waals surface area contributed by atoms with Crippen LogP contribution in [0.3, 0.4) is 0 Å². The van der Waals surface area contributed by atoms with E-state index in [9.17, 15) is 13.8 Å². The van der Waals surface area contributed by atoms with Crippen molar-refractivity contribution >= 4 is 34.0 Å². The van der Waals surface area contributed by atoms with Gasteiger partial charge in [-0.05, 0) is 55.2 Å². The molecule has 0 bridgehead atoms. The Bertz CT molecular complexity index is 1030. The van der Waals surface area contributed by atoms with Crippen LogP contribution in [-0.4, -0.2) is 20.0 Å². The SMILES string of the molecule is C[C@]12C=CC(=O)C=C1CC[C@@H]1[C@H]2C(=O)C[C@@]2(C)[C@H]1CC[C@]2(Cl)[S@](=O)Cc1ccccc1. The Balaban J connectivity index is 1.48. The molecule has 164 valence electrons. The quantitative estimate of drug-likeness (QED) is 0.575. The van der Waals surface area contributed by atoms with Gasteiger partial charge in [0.2, 0.25) is 0 Å². The van der Waals surface area contributed by atoms with Crippen molar-refractivity contribution in [3.8, 4) is 0 Å². The van der Waals surface area contributed by atoms with Gasteiger partial charge in [-0.3, -0.25) is 13.8 Å². The summed E-state index contributed by atoms with van der Waals surface area (Å²) >= 11 is 7.25. The minimum atomic E-state index is -1.28. The van der Waals surface area contributed by atoms with E-state index >= 15 is 0 Å². The fraction of sp³-hybridized carbons (Fsp3) is 0.538. The highest BCUT2D eigenvalue weighted by molar-refractivity contribution is 7.87. The Morgan fingerprint density at radius 3 is 2.61 bits per heavy atom. The fourth-order valence-corrected chi connectivity index (χ4v) is 9.47. The monoisotopic (exact) mass is 456 g/mol. The maximum atomic E-state index is 13.7. The highest BCUT2D eigenvalue weighted by Crippen LogP contribution is 2.68. The summed E-state index contributed by atoms with van der Waals surface area (Å²) in [5.41, 5.74) is 1.26. The Labute approximate surface area is 191 Å². The van der Waals surface area contributed by atoms with Gasteiger partial charge in [-0.15, -0.1) is 11.6 Å². The van der Waals surface area contributed by atoms with Crippen molar-refractivity contribution in [3.05, 3.63) is 59.7 Å². The molecular formula is C26H29ClO3S. The predicted molar refractivity (Wildman–Crippen MR) is 124 cm³/mol. The van der Waals surface area contributed by atoms with Gasteiger partial charge in [0.05, 0.1) is 5.75 Å². The zero-order chi connectivity index (χ0) is 22.0. The Hall–Kier alpha value is -1.52. The Morgan fingerprint density at radius 1 is 1.13 bits per heavy atom. The third-order valence-corrected chi connectivity index (χ3v) is 11.9. The summed E-state index contributed by atoms with van der Waals surface area (Å²) in [6.07, 6.45) is 9.04. The smallest absolute Gasteiger partial charge is 0.178 e. The van der Waals surface area contributed by atoms with Crippen LogP contribution in [0.4, 0.5) is 0 Å². The van der Waals surface area contributed by atoms with Crippen LogP contribution in [0.5, 0.6) is 0 Å². The molecule has 5 rings (SSSR count). The maximum absolute atomic E-state index is 13.7. The average molecular weight is 457 g/mol. The normalized spacial score (nSPS) is 42.4. The van der Waals surface area contributed by atoms with Crippen LogP contribution in [0.1, 0.15) is 51.5 Å². The van der Waals surface area contributed by atoms with Crippen molar-refractivity contribution in [1.82, 2.24) is 0 Å². The van der Waals surface area contributed by atoms with Gasteiger partial charge < -0.3 is 0 Å². The number of allylic oxidation sites excluding steroid dienone is 4. The molecule has 0 N–H and O–H groups in total. The lowest BCUT2D eigenvalue weighted by Gasteiger charge is -2.56. The number of Topliss-reactive ketones (excluding diaryl/α,β-unsaturated/α-hetero) is 1. The van der Waals surface area contributed by atoms with Gasteiger partial charge >= 0.3 is 0 Å². The highest BCUT2D eigenvalue weighted by Gasteiger charge is 2.67. The molecule has 3 nitrogen and oxygen atoms in total. The number of benzene rings is 1. The summed E-state index contributed by atoms with van der Waals surface area (Å²) in [6, 6.07) is 9.84. The van der Waals surface area contributed by atoms with E-state index in [4.69, 9.17) is 11.6 Å². The van der Waals surface area contributed by atoms with Crippen molar-refractivity contribution < 1.29 is 13.8 Å². The summed E-state index contributed by atoms with van der Waals surface area (Å²) in [5.74, 6) is 1.05. The molecule has 3 fully saturated rings. The molecule has 1 aromatic rings. The van der Waals surface area contributed by atoms with Gasteiger partial charge in [0.25, 0.3) is 0 Å². The molecule has 0 heterocycles. The van der Waals surface area contributed by atoms with Gasteiger partial charge in [-0.1, -0.05) is 55.8 Å². The summed E-state index contributed by atoms with van der Waals surface area (Å²) in [7, 11) is -1.28. The topological polar surface area (TPSA) is 51.2 Å². The zero-order valence-electron chi connectivity index (χ0n) is 18.1. The van der Waals surface area contributed by atoms with Gasteiger partial charge in [-0.2, -0.15) is 0 Å². The van der Waals surface area contributed by atoms with Crippen LogP contribution >= 0.6 is 11.6 Å². The van der Waals surface area contributed by atoms with E-state index in [1.165, 1.54) is 0 Å². The number of carbonyl (C=O) groups is 2. The largest absolute Gasteiger partial charge is 0.299 e. The van der Waals surface area contributed by atoms with Gasteiger partial charge in [0, 0.05) is 34.0 Å². The van der Waals surface area contributed by atoms with E-state index in [1.807, 2.05) is 36.4 Å². The maximum Gasteiger partial charge on any atom is 0.178 e. The molecule has 0 radical (unpaired) electrons. The number of halogens is 1. The summed E-state index contributed by atoms with van der Waals surface area (Å²) in [4.78, 5) is 25.6.